The average molecular weight is 259 g/mol. The second-order valence-corrected chi connectivity index (χ2v) is 4.00. The Labute approximate surface area is 112 Å². The molecule has 1 unspecified atom stereocenters. The molecule has 0 spiro atoms. The first-order chi connectivity index (χ1) is 9.30. The summed E-state index contributed by atoms with van der Waals surface area (Å²) in [6, 6.07) is 9.40. The Hall–Kier alpha value is -2.11. The number of nitrogens with zero attached hydrogens (tertiary/aromatic N) is 1. The number of nitrogens with two attached hydrogens (primary N) is 1. The molecule has 0 amide bonds. The standard InChI is InChI=1S/C14H17N3O2/c1-18-12-6-5-10(8-13(12)19-2)14(17-15)11-4-3-7-16-9-11/h3-9,14,17H,15H2,1-2H3. The molecule has 1 aromatic carbocycles. The second kappa shape index (κ2) is 6.17. The lowest BCUT2D eigenvalue weighted by Crippen LogP contribution is -2.28. The van der Waals surface area contributed by atoms with Crippen molar-refractivity contribution in [1.29, 1.82) is 0 Å². The largest absolute Gasteiger partial charge is 0.493 e. The summed E-state index contributed by atoms with van der Waals surface area (Å²) in [6.07, 6.45) is 3.51. The van der Waals surface area contributed by atoms with Crippen LogP contribution in [0, 0.1) is 0 Å². The molecule has 100 valence electrons. The highest BCUT2D eigenvalue weighted by Gasteiger charge is 2.15. The third kappa shape index (κ3) is 2.83. The highest BCUT2D eigenvalue weighted by molar-refractivity contribution is 5.45. The van der Waals surface area contributed by atoms with Crippen molar-refractivity contribution in [2.24, 2.45) is 5.84 Å². The third-order valence-electron chi connectivity index (χ3n) is 2.93. The average Bonchev–Trinajstić information content (AvgIpc) is 2.49. The number of hydrogen-bond donors (Lipinski definition) is 2. The topological polar surface area (TPSA) is 69.4 Å². The number of benzene rings is 1. The molecule has 0 fully saturated rings. The van der Waals surface area contributed by atoms with Crippen molar-refractivity contribution in [1.82, 2.24) is 10.4 Å². The van der Waals surface area contributed by atoms with Gasteiger partial charge in [-0.2, -0.15) is 0 Å². The number of hydrazine groups is 1. The monoisotopic (exact) mass is 259 g/mol. The quantitative estimate of drug-likeness (QED) is 0.631. The minimum Gasteiger partial charge on any atom is -0.493 e. The fourth-order valence-electron chi connectivity index (χ4n) is 1.96. The lowest BCUT2D eigenvalue weighted by molar-refractivity contribution is 0.354. The Bertz CT molecular complexity index is 531. The number of methoxy groups -OCH3 is 2. The van der Waals surface area contributed by atoms with E-state index in [2.05, 4.69) is 10.4 Å². The van der Waals surface area contributed by atoms with Gasteiger partial charge in [-0.15, -0.1) is 0 Å². The van der Waals surface area contributed by atoms with Gasteiger partial charge < -0.3 is 9.47 Å². The molecular formula is C14H17N3O2. The Kier molecular flexibility index (Phi) is 4.33. The summed E-state index contributed by atoms with van der Waals surface area (Å²) >= 11 is 0. The van der Waals surface area contributed by atoms with Crippen LogP contribution in [0.15, 0.2) is 42.7 Å². The van der Waals surface area contributed by atoms with Gasteiger partial charge >= 0.3 is 0 Å². The van der Waals surface area contributed by atoms with Gasteiger partial charge in [0.25, 0.3) is 0 Å². The van der Waals surface area contributed by atoms with E-state index >= 15 is 0 Å². The zero-order valence-corrected chi connectivity index (χ0v) is 11.0. The van der Waals surface area contributed by atoms with Gasteiger partial charge in [0.15, 0.2) is 11.5 Å². The summed E-state index contributed by atoms with van der Waals surface area (Å²) in [4.78, 5) is 4.10. The zero-order chi connectivity index (χ0) is 13.7. The van der Waals surface area contributed by atoms with Gasteiger partial charge in [0.1, 0.15) is 0 Å². The third-order valence-corrected chi connectivity index (χ3v) is 2.93. The maximum Gasteiger partial charge on any atom is 0.161 e. The summed E-state index contributed by atoms with van der Waals surface area (Å²) in [6.45, 7) is 0. The molecule has 2 rings (SSSR count). The van der Waals surface area contributed by atoms with Gasteiger partial charge in [0, 0.05) is 12.4 Å². The predicted molar refractivity (Wildman–Crippen MR) is 72.9 cm³/mol. The van der Waals surface area contributed by atoms with Gasteiger partial charge in [-0.3, -0.25) is 10.8 Å². The second-order valence-electron chi connectivity index (χ2n) is 4.00. The molecule has 5 heteroatoms. The summed E-state index contributed by atoms with van der Waals surface area (Å²) in [5, 5.41) is 0. The summed E-state index contributed by atoms with van der Waals surface area (Å²) in [7, 11) is 3.22. The first-order valence-corrected chi connectivity index (χ1v) is 5.88. The van der Waals surface area contributed by atoms with Gasteiger partial charge in [0.2, 0.25) is 0 Å². The number of aromatic nitrogens is 1. The molecule has 0 aliphatic carbocycles. The number of rotatable bonds is 5. The van der Waals surface area contributed by atoms with E-state index in [4.69, 9.17) is 15.3 Å². The molecule has 19 heavy (non-hydrogen) atoms. The minimum absolute atomic E-state index is 0.145. The zero-order valence-electron chi connectivity index (χ0n) is 11.0. The van der Waals surface area contributed by atoms with E-state index in [1.807, 2.05) is 30.3 Å². The first kappa shape index (κ1) is 13.3. The van der Waals surface area contributed by atoms with Gasteiger partial charge in [-0.25, -0.2) is 5.43 Å². The Morgan fingerprint density at radius 2 is 1.89 bits per heavy atom. The van der Waals surface area contributed by atoms with Crippen molar-refractivity contribution in [2.75, 3.05) is 14.2 Å². The van der Waals surface area contributed by atoms with Crippen molar-refractivity contribution in [3.05, 3.63) is 53.9 Å². The molecule has 0 aliphatic rings. The molecule has 0 saturated heterocycles. The molecule has 0 saturated carbocycles. The van der Waals surface area contributed by atoms with Crippen molar-refractivity contribution in [3.8, 4) is 11.5 Å². The van der Waals surface area contributed by atoms with E-state index in [1.165, 1.54) is 0 Å². The van der Waals surface area contributed by atoms with Crippen molar-refractivity contribution >= 4 is 0 Å². The van der Waals surface area contributed by atoms with Crippen LogP contribution in [0.3, 0.4) is 0 Å². The highest BCUT2D eigenvalue weighted by Crippen LogP contribution is 2.31. The molecule has 0 aliphatic heterocycles. The molecule has 1 aromatic heterocycles. The van der Waals surface area contributed by atoms with Crippen molar-refractivity contribution in [2.45, 2.75) is 6.04 Å². The normalized spacial score (nSPS) is 11.9. The van der Waals surface area contributed by atoms with Crippen LogP contribution < -0.4 is 20.7 Å². The van der Waals surface area contributed by atoms with Crippen LogP contribution in [0.4, 0.5) is 0 Å². The molecular weight excluding hydrogens is 242 g/mol. The minimum atomic E-state index is -0.145. The number of hydrogen-bond acceptors (Lipinski definition) is 5. The Morgan fingerprint density at radius 3 is 2.47 bits per heavy atom. The first-order valence-electron chi connectivity index (χ1n) is 5.88. The molecule has 0 radical (unpaired) electrons. The summed E-state index contributed by atoms with van der Waals surface area (Å²) in [5.41, 5.74) is 4.75. The van der Waals surface area contributed by atoms with Gasteiger partial charge in [-0.05, 0) is 29.3 Å². The maximum atomic E-state index is 5.65. The van der Waals surface area contributed by atoms with E-state index in [1.54, 1.807) is 26.6 Å². The number of nitrogens with one attached hydrogen (secondary N) is 1. The fourth-order valence-corrected chi connectivity index (χ4v) is 1.96. The van der Waals surface area contributed by atoms with Crippen LogP contribution in [0.1, 0.15) is 17.2 Å². The van der Waals surface area contributed by atoms with E-state index < -0.39 is 0 Å². The predicted octanol–water partition coefficient (Wildman–Crippen LogP) is 1.65. The van der Waals surface area contributed by atoms with Gasteiger partial charge in [0.05, 0.1) is 20.3 Å². The Balaban J connectivity index is 2.39. The smallest absolute Gasteiger partial charge is 0.161 e. The summed E-state index contributed by atoms with van der Waals surface area (Å²) < 4.78 is 10.5. The van der Waals surface area contributed by atoms with Crippen LogP contribution >= 0.6 is 0 Å². The van der Waals surface area contributed by atoms with Crippen LogP contribution in [-0.2, 0) is 0 Å². The van der Waals surface area contributed by atoms with E-state index in [9.17, 15) is 0 Å². The van der Waals surface area contributed by atoms with Crippen LogP contribution in [0.25, 0.3) is 0 Å². The molecule has 5 nitrogen and oxygen atoms in total. The SMILES string of the molecule is COc1ccc(C(NN)c2cccnc2)cc1OC. The summed E-state index contributed by atoms with van der Waals surface area (Å²) in [5.74, 6) is 7.01. The van der Waals surface area contributed by atoms with Crippen LogP contribution in [-0.4, -0.2) is 19.2 Å². The molecule has 3 N–H and O–H groups in total. The molecule has 1 atom stereocenters. The molecule has 2 aromatic rings. The van der Waals surface area contributed by atoms with Crippen molar-refractivity contribution < 1.29 is 9.47 Å². The van der Waals surface area contributed by atoms with E-state index in [0.717, 1.165) is 11.1 Å². The van der Waals surface area contributed by atoms with E-state index in [0.29, 0.717) is 11.5 Å². The van der Waals surface area contributed by atoms with Crippen molar-refractivity contribution in [3.63, 3.8) is 0 Å². The molecule has 0 bridgehead atoms. The maximum absolute atomic E-state index is 5.65. The van der Waals surface area contributed by atoms with Crippen LogP contribution in [0.5, 0.6) is 11.5 Å². The lowest BCUT2D eigenvalue weighted by atomic mass is 10.0. The van der Waals surface area contributed by atoms with E-state index in [-0.39, 0.29) is 6.04 Å². The Morgan fingerprint density at radius 1 is 1.11 bits per heavy atom. The van der Waals surface area contributed by atoms with Gasteiger partial charge in [-0.1, -0.05) is 12.1 Å². The highest BCUT2D eigenvalue weighted by atomic mass is 16.5. The molecule has 1 heterocycles. The number of ether oxygens (including phenoxy) is 2. The van der Waals surface area contributed by atoms with Crippen LogP contribution in [0.2, 0.25) is 0 Å². The lowest BCUT2D eigenvalue weighted by Gasteiger charge is -2.18. The number of pyridine rings is 1. The fraction of sp³-hybridized carbons (Fsp3) is 0.214.